The van der Waals surface area contributed by atoms with Gasteiger partial charge in [-0.05, 0) is 47.4 Å². The Bertz CT molecular complexity index is 1390. The highest BCUT2D eigenvalue weighted by atomic mass is 19.4. The summed E-state index contributed by atoms with van der Waals surface area (Å²) in [7, 11) is 0. The number of alkyl halides is 3. The normalized spacial score (nSPS) is 11.3. The fraction of sp³-hybridized carbons (Fsp3) is 0.172. The van der Waals surface area contributed by atoms with Crippen LogP contribution in [0.5, 0.6) is 5.75 Å². The van der Waals surface area contributed by atoms with Gasteiger partial charge in [-0.25, -0.2) is 4.39 Å². The molecule has 1 aromatic heterocycles. The van der Waals surface area contributed by atoms with Crippen molar-refractivity contribution in [2.75, 3.05) is 13.2 Å². The topological polar surface area (TPSA) is 71.5 Å². The summed E-state index contributed by atoms with van der Waals surface area (Å²) < 4.78 is 61.6. The molecule has 0 bridgehead atoms. The highest BCUT2D eigenvalue weighted by Crippen LogP contribution is 2.39. The molecule has 0 saturated heterocycles. The van der Waals surface area contributed by atoms with Crippen LogP contribution < -0.4 is 10.1 Å². The summed E-state index contributed by atoms with van der Waals surface area (Å²) in [6.45, 7) is 0.137. The minimum absolute atomic E-state index is 0.0125. The second kappa shape index (κ2) is 11.9. The van der Waals surface area contributed by atoms with E-state index < -0.39 is 23.5 Å². The minimum atomic E-state index is -4.58. The quantitative estimate of drug-likeness (QED) is 0.200. The Morgan fingerprint density at radius 1 is 0.921 bits per heavy atom. The molecule has 9 heteroatoms. The third kappa shape index (κ3) is 6.54. The molecule has 196 valence electrons. The van der Waals surface area contributed by atoms with Gasteiger partial charge < -0.3 is 15.2 Å². The fourth-order valence-corrected chi connectivity index (χ4v) is 3.83. The van der Waals surface area contributed by atoms with Crippen molar-refractivity contribution in [1.29, 1.82) is 0 Å². The summed E-state index contributed by atoms with van der Waals surface area (Å²) in [5, 5.41) is 11.4. The second-order valence-electron chi connectivity index (χ2n) is 8.44. The lowest BCUT2D eigenvalue weighted by Gasteiger charge is -2.15. The highest BCUT2D eigenvalue weighted by Gasteiger charge is 2.34. The molecule has 0 fully saturated rings. The monoisotopic (exact) mass is 524 g/mol. The molecular weight excluding hydrogens is 500 g/mol. The van der Waals surface area contributed by atoms with Crippen LogP contribution in [0, 0.1) is 5.82 Å². The van der Waals surface area contributed by atoms with Crippen molar-refractivity contribution in [3.8, 4) is 28.0 Å². The number of pyridine rings is 1. The molecule has 0 aliphatic heterocycles. The number of carbonyl (C=O) groups is 1. The Labute approximate surface area is 216 Å². The van der Waals surface area contributed by atoms with Crippen LogP contribution >= 0.6 is 0 Å². The van der Waals surface area contributed by atoms with Gasteiger partial charge in [0.2, 0.25) is 0 Å². The molecule has 0 atom stereocenters. The number of hydrogen-bond acceptors (Lipinski definition) is 4. The lowest BCUT2D eigenvalue weighted by Crippen LogP contribution is -2.25. The number of aliphatic hydroxyl groups excluding tert-OH is 1. The molecule has 0 aliphatic carbocycles. The van der Waals surface area contributed by atoms with Crippen LogP contribution in [0.15, 0.2) is 85.1 Å². The molecule has 1 amide bonds. The van der Waals surface area contributed by atoms with E-state index in [4.69, 9.17) is 9.84 Å². The van der Waals surface area contributed by atoms with Gasteiger partial charge in [-0.1, -0.05) is 54.6 Å². The molecule has 3 aromatic carbocycles. The van der Waals surface area contributed by atoms with Gasteiger partial charge in [0.25, 0.3) is 5.91 Å². The fourth-order valence-electron chi connectivity index (χ4n) is 3.83. The van der Waals surface area contributed by atoms with Crippen LogP contribution in [-0.2, 0) is 12.8 Å². The van der Waals surface area contributed by atoms with Gasteiger partial charge in [-0.15, -0.1) is 0 Å². The number of rotatable bonds is 9. The van der Waals surface area contributed by atoms with Crippen molar-refractivity contribution in [1.82, 2.24) is 10.3 Å². The Morgan fingerprint density at radius 2 is 1.68 bits per heavy atom. The number of benzene rings is 3. The van der Waals surface area contributed by atoms with Gasteiger partial charge in [0.15, 0.2) is 0 Å². The maximum absolute atomic E-state index is 14.9. The van der Waals surface area contributed by atoms with E-state index in [1.165, 1.54) is 36.5 Å². The van der Waals surface area contributed by atoms with E-state index in [0.29, 0.717) is 29.7 Å². The molecule has 0 unspecified atom stereocenters. The Balaban J connectivity index is 1.46. The van der Waals surface area contributed by atoms with Crippen molar-refractivity contribution < 1.29 is 32.2 Å². The molecule has 4 rings (SSSR count). The first-order chi connectivity index (χ1) is 18.3. The molecule has 0 aliphatic rings. The summed E-state index contributed by atoms with van der Waals surface area (Å²) in [6.07, 6.45) is -2.78. The molecule has 2 N–H and O–H groups in total. The Hall–Kier alpha value is -4.24. The third-order valence-electron chi connectivity index (χ3n) is 5.75. The van der Waals surface area contributed by atoms with Gasteiger partial charge >= 0.3 is 6.18 Å². The van der Waals surface area contributed by atoms with Gasteiger partial charge in [0.1, 0.15) is 23.9 Å². The van der Waals surface area contributed by atoms with Gasteiger partial charge in [0.05, 0.1) is 5.56 Å². The molecule has 38 heavy (non-hydrogen) atoms. The molecule has 0 radical (unpaired) electrons. The number of nitrogens with zero attached hydrogens (tertiary/aromatic N) is 1. The van der Waals surface area contributed by atoms with Crippen LogP contribution in [0.1, 0.15) is 28.0 Å². The number of aliphatic hydroxyl groups is 1. The number of halogens is 4. The Kier molecular flexibility index (Phi) is 8.38. The van der Waals surface area contributed by atoms with Crippen LogP contribution in [0.4, 0.5) is 17.6 Å². The summed E-state index contributed by atoms with van der Waals surface area (Å²) in [5.74, 6) is -0.953. The largest absolute Gasteiger partial charge is 0.489 e. The van der Waals surface area contributed by atoms with E-state index in [1.54, 1.807) is 42.5 Å². The average molecular weight is 525 g/mol. The summed E-state index contributed by atoms with van der Waals surface area (Å²) in [6, 6.07) is 19.4. The third-order valence-corrected chi connectivity index (χ3v) is 5.75. The molecular formula is C29H24F4N2O3. The smallest absolute Gasteiger partial charge is 0.417 e. The number of aromatic nitrogens is 1. The van der Waals surface area contributed by atoms with E-state index in [0.717, 1.165) is 6.07 Å². The SMILES string of the molecule is O=C(NCCCO)c1ccc(-c2ccc(COc3ccc(-c4ccccc4)c(C(F)(F)F)c3)cc2F)cn1. The van der Waals surface area contributed by atoms with Crippen LogP contribution in [0.25, 0.3) is 22.3 Å². The predicted octanol–water partition coefficient (Wildman–Crippen LogP) is 6.26. The minimum Gasteiger partial charge on any atom is -0.489 e. The lowest BCUT2D eigenvalue weighted by molar-refractivity contribution is -0.137. The average Bonchev–Trinajstić information content (AvgIpc) is 2.92. The van der Waals surface area contributed by atoms with Crippen LogP contribution in [0.2, 0.25) is 0 Å². The number of carbonyl (C=O) groups excluding carboxylic acids is 1. The van der Waals surface area contributed by atoms with Crippen molar-refractivity contribution in [2.45, 2.75) is 19.2 Å². The molecule has 5 nitrogen and oxygen atoms in total. The van der Waals surface area contributed by atoms with E-state index >= 15 is 0 Å². The number of ether oxygens (including phenoxy) is 1. The maximum atomic E-state index is 14.9. The lowest BCUT2D eigenvalue weighted by atomic mass is 9.99. The zero-order valence-corrected chi connectivity index (χ0v) is 20.1. The van der Waals surface area contributed by atoms with Crippen molar-refractivity contribution in [3.05, 3.63) is 108 Å². The number of nitrogens with one attached hydrogen (secondary N) is 1. The summed E-state index contributed by atoms with van der Waals surface area (Å²) in [5.41, 5.74) is 0.958. The first kappa shape index (κ1) is 26.8. The molecule has 4 aromatic rings. The zero-order chi connectivity index (χ0) is 27.1. The van der Waals surface area contributed by atoms with Crippen LogP contribution in [-0.4, -0.2) is 29.1 Å². The first-order valence-electron chi connectivity index (χ1n) is 11.8. The maximum Gasteiger partial charge on any atom is 0.417 e. The Morgan fingerprint density at radius 3 is 2.34 bits per heavy atom. The van der Waals surface area contributed by atoms with E-state index in [2.05, 4.69) is 10.3 Å². The van der Waals surface area contributed by atoms with E-state index in [1.807, 2.05) is 0 Å². The van der Waals surface area contributed by atoms with Gasteiger partial charge in [-0.2, -0.15) is 13.2 Å². The van der Waals surface area contributed by atoms with Crippen molar-refractivity contribution in [3.63, 3.8) is 0 Å². The second-order valence-corrected chi connectivity index (χ2v) is 8.44. The van der Waals surface area contributed by atoms with Gasteiger partial charge in [-0.3, -0.25) is 9.78 Å². The summed E-state index contributed by atoms with van der Waals surface area (Å²) >= 11 is 0. The number of amides is 1. The van der Waals surface area contributed by atoms with E-state index in [-0.39, 0.29) is 35.8 Å². The number of hydrogen-bond donors (Lipinski definition) is 2. The van der Waals surface area contributed by atoms with Gasteiger partial charge in [0, 0.05) is 30.5 Å². The molecule has 0 spiro atoms. The first-order valence-corrected chi connectivity index (χ1v) is 11.8. The molecule has 0 saturated carbocycles. The summed E-state index contributed by atoms with van der Waals surface area (Å²) in [4.78, 5) is 16.1. The zero-order valence-electron chi connectivity index (χ0n) is 20.1. The highest BCUT2D eigenvalue weighted by molar-refractivity contribution is 5.92. The molecule has 1 heterocycles. The van der Waals surface area contributed by atoms with E-state index in [9.17, 15) is 22.4 Å². The van der Waals surface area contributed by atoms with Crippen molar-refractivity contribution >= 4 is 5.91 Å². The van der Waals surface area contributed by atoms with Crippen molar-refractivity contribution in [2.24, 2.45) is 0 Å². The standard InChI is InChI=1S/C29H24F4N2O3/c30-26-15-19(7-10-24(26)21-8-12-27(35-17-21)28(37)34-13-4-14-36)18-38-22-9-11-23(20-5-2-1-3-6-20)25(16-22)29(31,32)33/h1-3,5-12,15-17,36H,4,13-14,18H2,(H,34,37). The predicted molar refractivity (Wildman–Crippen MR) is 135 cm³/mol. The van der Waals surface area contributed by atoms with Crippen LogP contribution in [0.3, 0.4) is 0 Å².